The Morgan fingerprint density at radius 1 is 1.19 bits per heavy atom. The van der Waals surface area contributed by atoms with Crippen LogP contribution in [0, 0.1) is 11.6 Å². The van der Waals surface area contributed by atoms with Gasteiger partial charge in [-0.25, -0.2) is 13.6 Å². The number of rotatable bonds is 3. The van der Waals surface area contributed by atoms with Gasteiger partial charge >= 0.3 is 6.03 Å². The first-order chi connectivity index (χ1) is 12.4. The molecular formula is C17H14ClF2N3O3. The maximum absolute atomic E-state index is 14.2. The van der Waals surface area contributed by atoms with Crippen molar-refractivity contribution in [3.8, 4) is 5.75 Å². The van der Waals surface area contributed by atoms with Crippen LogP contribution in [0.25, 0.3) is 0 Å². The van der Waals surface area contributed by atoms with Gasteiger partial charge in [0.05, 0.1) is 22.2 Å². The minimum Gasteiger partial charge on any atom is -0.490 e. The number of carbonyl (C=O) groups excluding carboxylic acids is 2. The third-order valence-corrected chi connectivity index (χ3v) is 4.13. The van der Waals surface area contributed by atoms with Crippen molar-refractivity contribution in [2.45, 2.75) is 6.04 Å². The molecule has 1 unspecified atom stereocenters. The number of benzene rings is 2. The average Bonchev–Trinajstić information content (AvgIpc) is 3.02. The van der Waals surface area contributed by atoms with Crippen molar-refractivity contribution in [2.75, 3.05) is 19.0 Å². The molecule has 9 heteroatoms. The minimum absolute atomic E-state index is 0.00760. The van der Waals surface area contributed by atoms with Crippen LogP contribution in [-0.4, -0.2) is 25.6 Å². The van der Waals surface area contributed by atoms with Crippen LogP contribution in [0.4, 0.5) is 19.3 Å². The zero-order valence-corrected chi connectivity index (χ0v) is 14.3. The van der Waals surface area contributed by atoms with E-state index in [2.05, 4.69) is 16.0 Å². The lowest BCUT2D eigenvalue weighted by molar-refractivity contribution is 0.102. The number of urea groups is 1. The summed E-state index contributed by atoms with van der Waals surface area (Å²) in [6.07, 6.45) is 0. The lowest BCUT2D eigenvalue weighted by Gasteiger charge is -2.12. The van der Waals surface area contributed by atoms with E-state index >= 15 is 0 Å². The number of hydrogen-bond acceptors (Lipinski definition) is 3. The molecule has 1 aliphatic heterocycles. The third-order valence-electron chi connectivity index (χ3n) is 3.84. The van der Waals surface area contributed by atoms with Crippen molar-refractivity contribution in [3.63, 3.8) is 0 Å². The van der Waals surface area contributed by atoms with Crippen LogP contribution < -0.4 is 20.7 Å². The number of amides is 3. The van der Waals surface area contributed by atoms with Crippen molar-refractivity contribution >= 4 is 29.2 Å². The van der Waals surface area contributed by atoms with Gasteiger partial charge in [0.2, 0.25) is 0 Å². The van der Waals surface area contributed by atoms with Gasteiger partial charge in [-0.15, -0.1) is 0 Å². The quantitative estimate of drug-likeness (QED) is 0.763. The Balaban J connectivity index is 1.88. The summed E-state index contributed by atoms with van der Waals surface area (Å²) in [6, 6.07) is 4.90. The van der Waals surface area contributed by atoms with Crippen LogP contribution in [0.5, 0.6) is 5.75 Å². The molecule has 0 saturated heterocycles. The summed E-state index contributed by atoms with van der Waals surface area (Å²) in [4.78, 5) is 24.0. The van der Waals surface area contributed by atoms with E-state index < -0.39 is 29.6 Å². The molecule has 3 rings (SSSR count). The number of fused-ring (bicyclic) bond motifs is 1. The number of hydrogen-bond donors (Lipinski definition) is 3. The number of halogens is 3. The molecule has 26 heavy (non-hydrogen) atoms. The molecule has 136 valence electrons. The van der Waals surface area contributed by atoms with E-state index in [9.17, 15) is 18.4 Å². The van der Waals surface area contributed by atoms with Crippen molar-refractivity contribution in [3.05, 3.63) is 58.1 Å². The van der Waals surface area contributed by atoms with E-state index in [0.29, 0.717) is 0 Å². The predicted molar refractivity (Wildman–Crippen MR) is 91.6 cm³/mol. The zero-order valence-electron chi connectivity index (χ0n) is 13.5. The highest BCUT2D eigenvalue weighted by atomic mass is 35.5. The van der Waals surface area contributed by atoms with Crippen molar-refractivity contribution in [2.24, 2.45) is 0 Å². The first-order valence-corrected chi connectivity index (χ1v) is 7.98. The molecule has 0 fully saturated rings. The second-order valence-corrected chi connectivity index (χ2v) is 5.92. The van der Waals surface area contributed by atoms with Gasteiger partial charge in [0.15, 0.2) is 0 Å². The molecule has 3 amide bonds. The van der Waals surface area contributed by atoms with Gasteiger partial charge in [-0.1, -0.05) is 11.6 Å². The highest BCUT2D eigenvalue weighted by molar-refractivity contribution is 6.31. The molecule has 0 saturated carbocycles. The van der Waals surface area contributed by atoms with Crippen molar-refractivity contribution in [1.82, 2.24) is 10.6 Å². The van der Waals surface area contributed by atoms with Gasteiger partial charge in [-0.3, -0.25) is 4.79 Å². The molecule has 2 aromatic carbocycles. The highest BCUT2D eigenvalue weighted by Crippen LogP contribution is 2.38. The second-order valence-electron chi connectivity index (χ2n) is 5.51. The first-order valence-electron chi connectivity index (χ1n) is 7.60. The molecule has 6 nitrogen and oxygen atoms in total. The Kier molecular flexibility index (Phi) is 4.94. The summed E-state index contributed by atoms with van der Waals surface area (Å²) in [5.41, 5.74) is 0.457. The second kappa shape index (κ2) is 7.17. The Bertz CT molecular complexity index is 892. The number of ether oxygens (including phenoxy) is 1. The van der Waals surface area contributed by atoms with Crippen LogP contribution in [0.1, 0.15) is 22.0 Å². The van der Waals surface area contributed by atoms with Crippen LogP contribution >= 0.6 is 11.6 Å². The standard InChI is InChI=1S/C17H14ClF2N3O3/c1-21-17(25)23-13-7-26-15-9(3-5-12(20)14(13)15)16(24)22-8-2-4-11(19)10(18)6-8/h2-6,13H,7H2,1H3,(H,22,24)(H2,21,23,25). The number of anilines is 1. The van der Waals surface area contributed by atoms with Gasteiger partial charge in [0.1, 0.15) is 24.0 Å². The molecule has 1 atom stereocenters. The van der Waals surface area contributed by atoms with Crippen LogP contribution in [-0.2, 0) is 0 Å². The van der Waals surface area contributed by atoms with Crippen LogP contribution in [0.15, 0.2) is 30.3 Å². The largest absolute Gasteiger partial charge is 0.490 e. The van der Waals surface area contributed by atoms with Crippen LogP contribution in [0.3, 0.4) is 0 Å². The number of carbonyl (C=O) groups is 2. The van der Waals surface area contributed by atoms with E-state index in [1.54, 1.807) is 0 Å². The summed E-state index contributed by atoms with van der Waals surface area (Å²) < 4.78 is 32.9. The Labute approximate surface area is 152 Å². The van der Waals surface area contributed by atoms with E-state index in [-0.39, 0.29) is 34.2 Å². The van der Waals surface area contributed by atoms with E-state index in [4.69, 9.17) is 16.3 Å². The maximum Gasteiger partial charge on any atom is 0.315 e. The summed E-state index contributed by atoms with van der Waals surface area (Å²) in [5.74, 6) is -1.74. The molecule has 1 heterocycles. The zero-order chi connectivity index (χ0) is 18.8. The fourth-order valence-electron chi connectivity index (χ4n) is 2.60. The molecule has 0 aliphatic carbocycles. The summed E-state index contributed by atoms with van der Waals surface area (Å²) >= 11 is 5.69. The monoisotopic (exact) mass is 381 g/mol. The SMILES string of the molecule is CNC(=O)NC1COc2c(C(=O)Nc3ccc(F)c(Cl)c3)ccc(F)c21. The lowest BCUT2D eigenvalue weighted by atomic mass is 10.0. The molecule has 0 bridgehead atoms. The molecule has 1 aliphatic rings. The first kappa shape index (κ1) is 17.9. The normalized spacial score (nSPS) is 15.0. The van der Waals surface area contributed by atoms with E-state index in [0.717, 1.165) is 12.1 Å². The van der Waals surface area contributed by atoms with Gasteiger partial charge in [0.25, 0.3) is 5.91 Å². The molecule has 0 radical (unpaired) electrons. The maximum atomic E-state index is 14.2. The highest BCUT2D eigenvalue weighted by Gasteiger charge is 2.32. The van der Waals surface area contributed by atoms with Gasteiger partial charge in [0, 0.05) is 12.7 Å². The predicted octanol–water partition coefficient (Wildman–Crippen LogP) is 3.23. The average molecular weight is 382 g/mol. The molecule has 0 spiro atoms. The van der Waals surface area contributed by atoms with Gasteiger partial charge in [-0.05, 0) is 30.3 Å². The smallest absolute Gasteiger partial charge is 0.315 e. The lowest BCUT2D eigenvalue weighted by Crippen LogP contribution is -2.36. The van der Waals surface area contributed by atoms with E-state index in [1.165, 1.54) is 25.2 Å². The Morgan fingerprint density at radius 2 is 1.92 bits per heavy atom. The Morgan fingerprint density at radius 3 is 2.62 bits per heavy atom. The molecular weight excluding hydrogens is 368 g/mol. The molecule has 3 N–H and O–H groups in total. The van der Waals surface area contributed by atoms with Gasteiger partial charge < -0.3 is 20.7 Å². The van der Waals surface area contributed by atoms with Crippen LogP contribution in [0.2, 0.25) is 5.02 Å². The topological polar surface area (TPSA) is 79.5 Å². The number of nitrogens with one attached hydrogen (secondary N) is 3. The fourth-order valence-corrected chi connectivity index (χ4v) is 2.78. The summed E-state index contributed by atoms with van der Waals surface area (Å²) in [6.45, 7) is -0.00760. The molecule has 0 aromatic heterocycles. The Hall–Kier alpha value is -2.87. The third kappa shape index (κ3) is 3.41. The minimum atomic E-state index is -0.724. The fraction of sp³-hybridized carbons (Fsp3) is 0.176. The van der Waals surface area contributed by atoms with E-state index in [1.807, 2.05) is 0 Å². The molecule has 2 aromatic rings. The van der Waals surface area contributed by atoms with Gasteiger partial charge in [-0.2, -0.15) is 0 Å². The summed E-state index contributed by atoms with van der Waals surface area (Å²) in [5, 5.41) is 7.33. The van der Waals surface area contributed by atoms with Crippen molar-refractivity contribution in [1.29, 1.82) is 0 Å². The van der Waals surface area contributed by atoms with Crippen molar-refractivity contribution < 1.29 is 23.1 Å². The summed E-state index contributed by atoms with van der Waals surface area (Å²) in [7, 11) is 1.43.